The zero-order chi connectivity index (χ0) is 23.5. The quantitative estimate of drug-likeness (QED) is 0.532. The maximum Gasteiger partial charge on any atom is 0.338 e. The average Bonchev–Trinajstić information content (AvgIpc) is 3.24. The van der Waals surface area contributed by atoms with Gasteiger partial charge in [-0.1, -0.05) is 62.3 Å². The van der Waals surface area contributed by atoms with Gasteiger partial charge in [-0.2, -0.15) is 4.98 Å². The molecule has 0 saturated heterocycles. The normalized spacial score (nSPS) is 13.0. The fraction of sp³-hybridized carbons (Fsp3) is 0.348. The van der Waals surface area contributed by atoms with Crippen LogP contribution in [0.3, 0.4) is 0 Å². The van der Waals surface area contributed by atoms with Crippen molar-refractivity contribution in [3.63, 3.8) is 0 Å². The summed E-state index contributed by atoms with van der Waals surface area (Å²) in [6.45, 7) is 9.25. The van der Waals surface area contributed by atoms with Gasteiger partial charge in [0, 0.05) is 12.0 Å². The van der Waals surface area contributed by atoms with Crippen LogP contribution in [0.25, 0.3) is 0 Å². The first-order valence-electron chi connectivity index (χ1n) is 10.2. The van der Waals surface area contributed by atoms with Gasteiger partial charge in [0.2, 0.25) is 10.0 Å². The van der Waals surface area contributed by atoms with Gasteiger partial charge >= 0.3 is 5.97 Å². The van der Waals surface area contributed by atoms with Crippen LogP contribution in [0.15, 0.2) is 57.9 Å². The van der Waals surface area contributed by atoms with Gasteiger partial charge in [-0.25, -0.2) is 17.9 Å². The molecule has 0 amide bonds. The zero-order valence-electron chi connectivity index (χ0n) is 18.7. The molecule has 3 rings (SSSR count). The Balaban J connectivity index is 1.75. The lowest BCUT2D eigenvalue weighted by Crippen LogP contribution is -2.24. The Hall–Kier alpha value is -3.04. The van der Waals surface area contributed by atoms with E-state index in [-0.39, 0.29) is 28.3 Å². The maximum absolute atomic E-state index is 12.8. The molecule has 2 aromatic carbocycles. The standard InChI is InChI=1S/C23H27N3O5S/c1-15-11-12-18(13-19(15)32(28,29)24-14-17-9-7-6-8-10-17)21(27)30-16(2)20-25-22(26-31-20)23(3,4)5/h6-13,16,24H,14H2,1-5H3. The van der Waals surface area contributed by atoms with Crippen molar-refractivity contribution in [1.82, 2.24) is 14.9 Å². The van der Waals surface area contributed by atoms with Crippen LogP contribution in [-0.2, 0) is 26.7 Å². The molecule has 3 aromatic rings. The summed E-state index contributed by atoms with van der Waals surface area (Å²) in [5.41, 5.74) is 1.14. The smallest absolute Gasteiger partial charge is 0.338 e. The van der Waals surface area contributed by atoms with E-state index in [0.29, 0.717) is 11.4 Å². The lowest BCUT2D eigenvalue weighted by atomic mass is 9.96. The van der Waals surface area contributed by atoms with E-state index in [9.17, 15) is 13.2 Å². The molecule has 0 radical (unpaired) electrons. The van der Waals surface area contributed by atoms with Gasteiger partial charge in [-0.15, -0.1) is 0 Å². The number of carbonyl (C=O) groups excluding carboxylic acids is 1. The van der Waals surface area contributed by atoms with E-state index in [4.69, 9.17) is 9.26 Å². The molecule has 0 aliphatic carbocycles. The van der Waals surface area contributed by atoms with Crippen LogP contribution in [0.2, 0.25) is 0 Å². The summed E-state index contributed by atoms with van der Waals surface area (Å²) >= 11 is 0. The highest BCUT2D eigenvalue weighted by Gasteiger charge is 2.26. The number of nitrogens with one attached hydrogen (secondary N) is 1. The molecule has 1 aromatic heterocycles. The van der Waals surface area contributed by atoms with Gasteiger partial charge in [0.25, 0.3) is 5.89 Å². The van der Waals surface area contributed by atoms with E-state index in [0.717, 1.165) is 5.56 Å². The first-order chi connectivity index (χ1) is 15.0. The predicted molar refractivity (Wildman–Crippen MR) is 118 cm³/mol. The fourth-order valence-electron chi connectivity index (χ4n) is 2.85. The lowest BCUT2D eigenvalue weighted by molar-refractivity contribution is 0.0265. The van der Waals surface area contributed by atoms with Crippen molar-refractivity contribution < 1.29 is 22.5 Å². The van der Waals surface area contributed by atoms with Crippen molar-refractivity contribution in [1.29, 1.82) is 0 Å². The molecule has 1 N–H and O–H groups in total. The molecular weight excluding hydrogens is 430 g/mol. The molecule has 0 aliphatic rings. The number of carbonyl (C=O) groups is 1. The SMILES string of the molecule is Cc1ccc(C(=O)OC(C)c2nc(C(C)(C)C)no2)cc1S(=O)(=O)NCc1ccccc1. The van der Waals surface area contributed by atoms with Crippen LogP contribution < -0.4 is 4.72 Å². The Kier molecular flexibility index (Phi) is 6.80. The Morgan fingerprint density at radius 2 is 1.84 bits per heavy atom. The number of ether oxygens (including phenoxy) is 1. The molecule has 0 fully saturated rings. The van der Waals surface area contributed by atoms with Gasteiger partial charge in [-0.05, 0) is 37.1 Å². The molecule has 1 atom stereocenters. The highest BCUT2D eigenvalue weighted by molar-refractivity contribution is 7.89. The third kappa shape index (κ3) is 5.60. The summed E-state index contributed by atoms with van der Waals surface area (Å²) in [4.78, 5) is 17.0. The number of aryl methyl sites for hydroxylation is 1. The molecule has 8 nitrogen and oxygen atoms in total. The second kappa shape index (κ2) is 9.22. The highest BCUT2D eigenvalue weighted by atomic mass is 32.2. The summed E-state index contributed by atoms with van der Waals surface area (Å²) in [6, 6.07) is 13.6. The molecule has 0 bridgehead atoms. The second-order valence-corrected chi connectivity index (χ2v) is 10.3. The van der Waals surface area contributed by atoms with E-state index < -0.39 is 22.1 Å². The first kappa shape index (κ1) is 23.6. The van der Waals surface area contributed by atoms with Crippen molar-refractivity contribution in [2.45, 2.75) is 57.6 Å². The predicted octanol–water partition coefficient (Wildman–Crippen LogP) is 4.07. The van der Waals surface area contributed by atoms with Crippen LogP contribution in [0.4, 0.5) is 0 Å². The Labute approximate surface area is 188 Å². The Bertz CT molecular complexity index is 1200. The van der Waals surface area contributed by atoms with Crippen molar-refractivity contribution in [3.8, 4) is 0 Å². The number of aromatic nitrogens is 2. The van der Waals surface area contributed by atoms with Crippen LogP contribution in [0, 0.1) is 6.92 Å². The van der Waals surface area contributed by atoms with Gasteiger partial charge in [-0.3, -0.25) is 0 Å². The number of hydrogen-bond donors (Lipinski definition) is 1. The minimum Gasteiger partial charge on any atom is -0.449 e. The minimum atomic E-state index is -3.84. The van der Waals surface area contributed by atoms with Crippen LogP contribution in [0.1, 0.15) is 67.0 Å². The van der Waals surface area contributed by atoms with E-state index in [2.05, 4.69) is 14.9 Å². The zero-order valence-corrected chi connectivity index (χ0v) is 19.6. The average molecular weight is 458 g/mol. The number of esters is 1. The second-order valence-electron chi connectivity index (χ2n) is 8.54. The Morgan fingerprint density at radius 1 is 1.16 bits per heavy atom. The van der Waals surface area contributed by atoms with E-state index in [1.807, 2.05) is 51.1 Å². The molecular formula is C23H27N3O5S. The molecule has 0 saturated carbocycles. The van der Waals surface area contributed by atoms with Crippen LogP contribution in [-0.4, -0.2) is 24.5 Å². The van der Waals surface area contributed by atoms with E-state index >= 15 is 0 Å². The van der Waals surface area contributed by atoms with Gasteiger partial charge in [0.1, 0.15) is 0 Å². The van der Waals surface area contributed by atoms with Crippen molar-refractivity contribution >= 4 is 16.0 Å². The molecule has 1 heterocycles. The fourth-order valence-corrected chi connectivity index (χ4v) is 4.14. The van der Waals surface area contributed by atoms with Gasteiger partial charge < -0.3 is 9.26 Å². The van der Waals surface area contributed by atoms with E-state index in [1.165, 1.54) is 12.1 Å². The summed E-state index contributed by atoms with van der Waals surface area (Å²) in [7, 11) is -3.84. The molecule has 170 valence electrons. The third-order valence-corrected chi connectivity index (χ3v) is 6.31. The first-order valence-corrected chi connectivity index (χ1v) is 11.6. The summed E-state index contributed by atoms with van der Waals surface area (Å²) < 4.78 is 38.9. The molecule has 32 heavy (non-hydrogen) atoms. The van der Waals surface area contributed by atoms with Gasteiger partial charge in [0.15, 0.2) is 11.9 Å². The molecule has 0 spiro atoms. The van der Waals surface area contributed by atoms with Crippen molar-refractivity contribution in [2.75, 3.05) is 0 Å². The molecule has 9 heteroatoms. The number of sulfonamides is 1. The van der Waals surface area contributed by atoms with Crippen molar-refractivity contribution in [3.05, 3.63) is 76.9 Å². The number of rotatable bonds is 7. The van der Waals surface area contributed by atoms with Gasteiger partial charge in [0.05, 0.1) is 10.5 Å². The lowest BCUT2D eigenvalue weighted by Gasteiger charge is -2.13. The van der Waals surface area contributed by atoms with Crippen LogP contribution in [0.5, 0.6) is 0 Å². The summed E-state index contributed by atoms with van der Waals surface area (Å²) in [5, 5.41) is 3.93. The summed E-state index contributed by atoms with van der Waals surface area (Å²) in [6.07, 6.45) is -0.788. The largest absolute Gasteiger partial charge is 0.449 e. The van der Waals surface area contributed by atoms with E-state index in [1.54, 1.807) is 19.9 Å². The number of benzene rings is 2. The monoisotopic (exact) mass is 457 g/mol. The number of nitrogens with zero attached hydrogens (tertiary/aromatic N) is 2. The van der Waals surface area contributed by atoms with Crippen molar-refractivity contribution in [2.24, 2.45) is 0 Å². The number of hydrogen-bond acceptors (Lipinski definition) is 7. The Morgan fingerprint density at radius 3 is 2.47 bits per heavy atom. The van der Waals surface area contributed by atoms with Crippen LogP contribution >= 0.6 is 0 Å². The third-order valence-electron chi connectivity index (χ3n) is 4.77. The maximum atomic E-state index is 12.8. The molecule has 0 aliphatic heterocycles. The molecule has 1 unspecified atom stereocenters. The minimum absolute atomic E-state index is 0.0170. The highest BCUT2D eigenvalue weighted by Crippen LogP contribution is 2.24. The summed E-state index contributed by atoms with van der Waals surface area (Å²) in [5.74, 6) is -0.0103. The topological polar surface area (TPSA) is 111 Å².